The molecule has 4 heteroatoms. The highest BCUT2D eigenvalue weighted by molar-refractivity contribution is 9.10. The van der Waals surface area contributed by atoms with Crippen LogP contribution in [0.1, 0.15) is 25.3 Å². The van der Waals surface area contributed by atoms with E-state index in [2.05, 4.69) is 21.2 Å². The Balaban J connectivity index is 2.29. The molecule has 0 aromatic heterocycles. The average Bonchev–Trinajstić information content (AvgIpc) is 2.28. The first kappa shape index (κ1) is 14.0. The van der Waals surface area contributed by atoms with Crippen molar-refractivity contribution in [2.75, 3.05) is 6.54 Å². The first-order chi connectivity index (χ1) is 7.63. The Bertz CT molecular complexity index is 333. The summed E-state index contributed by atoms with van der Waals surface area (Å²) < 4.78 is 0.916. The molecule has 0 heterocycles. The highest BCUT2D eigenvalue weighted by atomic mass is 79.9. The molecule has 0 aliphatic heterocycles. The maximum Gasteiger partial charge on any atom is 0.0551 e. The first-order valence-corrected chi connectivity index (χ1v) is 6.63. The lowest BCUT2D eigenvalue weighted by atomic mass is 10.2. The summed E-state index contributed by atoms with van der Waals surface area (Å²) >= 11 is 9.34. The Kier molecular flexibility index (Phi) is 6.36. The molecule has 0 aliphatic carbocycles. The van der Waals surface area contributed by atoms with Crippen LogP contribution in [0, 0.1) is 0 Å². The van der Waals surface area contributed by atoms with Gasteiger partial charge >= 0.3 is 0 Å². The zero-order valence-corrected chi connectivity index (χ0v) is 11.7. The van der Waals surface area contributed by atoms with E-state index in [1.165, 1.54) is 0 Å². The molecule has 0 radical (unpaired) electrons. The van der Waals surface area contributed by atoms with Gasteiger partial charge in [0.25, 0.3) is 0 Å². The molecule has 1 atom stereocenters. The van der Waals surface area contributed by atoms with Gasteiger partial charge in [-0.15, -0.1) is 0 Å². The number of benzene rings is 1. The third-order valence-corrected chi connectivity index (χ3v) is 3.67. The number of nitrogens with one attached hydrogen (secondary N) is 1. The Morgan fingerprint density at radius 1 is 1.50 bits per heavy atom. The van der Waals surface area contributed by atoms with E-state index >= 15 is 0 Å². The standard InChI is InChI=1S/C12H17BrClNO/c1-2-10(16)5-6-15-8-9-3-4-11(13)12(14)7-9/h3-4,7,10,15-16H,2,5-6,8H2,1H3. The predicted octanol–water partition coefficient (Wildman–Crippen LogP) is 3.35. The first-order valence-electron chi connectivity index (χ1n) is 5.46. The van der Waals surface area contributed by atoms with Gasteiger partial charge in [-0.25, -0.2) is 0 Å². The molecule has 0 fully saturated rings. The fourth-order valence-corrected chi connectivity index (χ4v) is 1.80. The summed E-state index contributed by atoms with van der Waals surface area (Å²) in [7, 11) is 0. The summed E-state index contributed by atoms with van der Waals surface area (Å²) in [6.07, 6.45) is 1.41. The van der Waals surface area contributed by atoms with Crippen molar-refractivity contribution in [2.45, 2.75) is 32.4 Å². The number of halogens is 2. The second-order valence-corrected chi connectivity index (χ2v) is 5.04. The van der Waals surface area contributed by atoms with E-state index in [9.17, 15) is 5.11 Å². The zero-order valence-electron chi connectivity index (χ0n) is 9.34. The number of aliphatic hydroxyl groups excluding tert-OH is 1. The van der Waals surface area contributed by atoms with E-state index in [1.807, 2.05) is 25.1 Å². The summed E-state index contributed by atoms with van der Waals surface area (Å²) in [5.74, 6) is 0. The molecule has 1 aromatic rings. The van der Waals surface area contributed by atoms with Crippen molar-refractivity contribution >= 4 is 27.5 Å². The second kappa shape index (κ2) is 7.28. The fraction of sp³-hybridized carbons (Fsp3) is 0.500. The van der Waals surface area contributed by atoms with Gasteiger partial charge in [0.2, 0.25) is 0 Å². The summed E-state index contributed by atoms with van der Waals surface area (Å²) in [6, 6.07) is 5.91. The fourth-order valence-electron chi connectivity index (χ4n) is 1.36. The van der Waals surface area contributed by atoms with Crippen LogP contribution in [0.5, 0.6) is 0 Å². The van der Waals surface area contributed by atoms with Crippen molar-refractivity contribution in [3.8, 4) is 0 Å². The Morgan fingerprint density at radius 3 is 2.88 bits per heavy atom. The quantitative estimate of drug-likeness (QED) is 0.790. The van der Waals surface area contributed by atoms with Crippen LogP contribution in [-0.4, -0.2) is 17.8 Å². The molecule has 1 unspecified atom stereocenters. The van der Waals surface area contributed by atoms with Crippen molar-refractivity contribution in [1.82, 2.24) is 5.32 Å². The third-order valence-electron chi connectivity index (χ3n) is 2.44. The Hall–Kier alpha value is -0.0900. The van der Waals surface area contributed by atoms with Crippen LogP contribution in [0.25, 0.3) is 0 Å². The molecule has 0 bridgehead atoms. The molecule has 0 aliphatic rings. The van der Waals surface area contributed by atoms with Gasteiger partial charge in [-0.1, -0.05) is 24.6 Å². The van der Waals surface area contributed by atoms with Gasteiger partial charge in [-0.3, -0.25) is 0 Å². The molecule has 16 heavy (non-hydrogen) atoms. The minimum atomic E-state index is -0.194. The lowest BCUT2D eigenvalue weighted by Crippen LogP contribution is -2.19. The normalized spacial score (nSPS) is 12.8. The van der Waals surface area contributed by atoms with Crippen molar-refractivity contribution in [3.63, 3.8) is 0 Å². The molecule has 1 aromatic carbocycles. The molecule has 0 amide bonds. The third kappa shape index (κ3) is 4.83. The highest BCUT2D eigenvalue weighted by Crippen LogP contribution is 2.22. The van der Waals surface area contributed by atoms with Gasteiger partial charge in [0.05, 0.1) is 11.1 Å². The van der Waals surface area contributed by atoms with Crippen LogP contribution in [0.4, 0.5) is 0 Å². The van der Waals surface area contributed by atoms with E-state index in [1.54, 1.807) is 0 Å². The smallest absolute Gasteiger partial charge is 0.0551 e. The van der Waals surface area contributed by atoms with E-state index in [4.69, 9.17) is 11.6 Å². The largest absolute Gasteiger partial charge is 0.393 e. The van der Waals surface area contributed by atoms with Crippen LogP contribution in [0.3, 0.4) is 0 Å². The van der Waals surface area contributed by atoms with Gasteiger partial charge in [-0.2, -0.15) is 0 Å². The number of hydrogen-bond acceptors (Lipinski definition) is 2. The maximum absolute atomic E-state index is 9.37. The highest BCUT2D eigenvalue weighted by Gasteiger charge is 2.01. The van der Waals surface area contributed by atoms with Crippen LogP contribution in [-0.2, 0) is 6.54 Å². The average molecular weight is 307 g/mol. The lowest BCUT2D eigenvalue weighted by molar-refractivity contribution is 0.159. The Labute approximate surface area is 110 Å². The maximum atomic E-state index is 9.37. The monoisotopic (exact) mass is 305 g/mol. The van der Waals surface area contributed by atoms with Gasteiger partial charge in [-0.05, 0) is 53.0 Å². The molecule has 2 nitrogen and oxygen atoms in total. The molecule has 0 spiro atoms. The Morgan fingerprint density at radius 2 is 2.25 bits per heavy atom. The van der Waals surface area contributed by atoms with Gasteiger partial charge in [0.15, 0.2) is 0 Å². The van der Waals surface area contributed by atoms with Crippen molar-refractivity contribution in [1.29, 1.82) is 0 Å². The lowest BCUT2D eigenvalue weighted by Gasteiger charge is -2.09. The molecular formula is C12H17BrClNO. The van der Waals surface area contributed by atoms with Crippen molar-refractivity contribution in [3.05, 3.63) is 33.3 Å². The van der Waals surface area contributed by atoms with Gasteiger partial charge in [0.1, 0.15) is 0 Å². The molecule has 0 saturated carbocycles. The predicted molar refractivity (Wildman–Crippen MR) is 71.8 cm³/mol. The summed E-state index contributed by atoms with van der Waals surface area (Å²) in [5, 5.41) is 13.4. The zero-order chi connectivity index (χ0) is 12.0. The molecule has 1 rings (SSSR count). The molecule has 2 N–H and O–H groups in total. The minimum Gasteiger partial charge on any atom is -0.393 e. The van der Waals surface area contributed by atoms with Crippen LogP contribution >= 0.6 is 27.5 Å². The molecular weight excluding hydrogens is 289 g/mol. The van der Waals surface area contributed by atoms with Gasteiger partial charge in [0, 0.05) is 11.0 Å². The van der Waals surface area contributed by atoms with Crippen molar-refractivity contribution in [2.24, 2.45) is 0 Å². The van der Waals surface area contributed by atoms with Gasteiger partial charge < -0.3 is 10.4 Å². The van der Waals surface area contributed by atoms with E-state index in [-0.39, 0.29) is 6.10 Å². The SMILES string of the molecule is CCC(O)CCNCc1ccc(Br)c(Cl)c1. The van der Waals surface area contributed by atoms with Crippen LogP contribution in [0.2, 0.25) is 5.02 Å². The number of aliphatic hydroxyl groups is 1. The van der Waals surface area contributed by atoms with Crippen molar-refractivity contribution < 1.29 is 5.11 Å². The second-order valence-electron chi connectivity index (χ2n) is 3.78. The number of hydrogen-bond donors (Lipinski definition) is 2. The van der Waals surface area contributed by atoms with Crippen LogP contribution in [0.15, 0.2) is 22.7 Å². The van der Waals surface area contributed by atoms with Crippen LogP contribution < -0.4 is 5.32 Å². The summed E-state index contributed by atoms with van der Waals surface area (Å²) in [6.45, 7) is 3.59. The summed E-state index contributed by atoms with van der Waals surface area (Å²) in [4.78, 5) is 0. The van der Waals surface area contributed by atoms with E-state index in [0.29, 0.717) is 0 Å². The summed E-state index contributed by atoms with van der Waals surface area (Å²) in [5.41, 5.74) is 1.15. The number of rotatable bonds is 6. The van der Waals surface area contributed by atoms with E-state index < -0.39 is 0 Å². The van der Waals surface area contributed by atoms with E-state index in [0.717, 1.165) is 41.0 Å². The molecule has 90 valence electrons. The topological polar surface area (TPSA) is 32.3 Å². The minimum absolute atomic E-state index is 0.194. The molecule has 0 saturated heterocycles.